The smallest absolute Gasteiger partial charge is 0.268 e. The summed E-state index contributed by atoms with van der Waals surface area (Å²) in [5.41, 5.74) is 7.33. The number of aromatic amines is 1. The van der Waals surface area contributed by atoms with Crippen molar-refractivity contribution in [3.63, 3.8) is 0 Å². The van der Waals surface area contributed by atoms with Crippen LogP contribution >= 0.6 is 0 Å². The summed E-state index contributed by atoms with van der Waals surface area (Å²) in [4.78, 5) is 14.8. The summed E-state index contributed by atoms with van der Waals surface area (Å²) in [6.07, 6.45) is 7.09. The van der Waals surface area contributed by atoms with E-state index in [1.165, 1.54) is 19.3 Å². The maximum absolute atomic E-state index is 12.4. The Balaban J connectivity index is 1.77. The van der Waals surface area contributed by atoms with E-state index >= 15 is 0 Å². The summed E-state index contributed by atoms with van der Waals surface area (Å²) < 4.78 is 0. The summed E-state index contributed by atoms with van der Waals surface area (Å²) >= 11 is 0. The Morgan fingerprint density at radius 2 is 1.63 bits per heavy atom. The molecule has 4 bridgehead atoms. The highest BCUT2D eigenvalue weighted by Crippen LogP contribution is 2.62. The van der Waals surface area contributed by atoms with E-state index in [0.29, 0.717) is 23.3 Å². The first kappa shape index (κ1) is 18.8. The second-order valence-electron chi connectivity index (χ2n) is 9.62. The molecule has 2 aromatic rings. The predicted octanol–water partition coefficient (Wildman–Crippen LogP) is 3.85. The van der Waals surface area contributed by atoms with Crippen LogP contribution in [-0.2, 0) is 5.41 Å². The molecule has 4 fully saturated rings. The van der Waals surface area contributed by atoms with Gasteiger partial charge in [0.1, 0.15) is 34.8 Å². The van der Waals surface area contributed by atoms with E-state index in [1.807, 2.05) is 19.1 Å². The number of nitrogen functional groups attached to an aromatic ring is 1. The molecule has 4 aliphatic rings. The van der Waals surface area contributed by atoms with Crippen molar-refractivity contribution in [2.75, 3.05) is 5.73 Å². The van der Waals surface area contributed by atoms with E-state index in [2.05, 4.69) is 11.1 Å². The predicted molar refractivity (Wildman–Crippen MR) is 113 cm³/mol. The number of anilines is 1. The first-order chi connectivity index (χ1) is 14.3. The van der Waals surface area contributed by atoms with Gasteiger partial charge in [-0.3, -0.25) is 4.79 Å². The van der Waals surface area contributed by atoms with Gasteiger partial charge in [-0.05, 0) is 80.2 Å². The summed E-state index contributed by atoms with van der Waals surface area (Å²) in [7, 11) is 0. The molecule has 4 saturated carbocycles. The van der Waals surface area contributed by atoms with Gasteiger partial charge in [0, 0.05) is 16.7 Å². The lowest BCUT2D eigenvalue weighted by atomic mass is 9.48. The molecule has 0 unspecified atom stereocenters. The number of aryl methyl sites for hydroxylation is 1. The van der Waals surface area contributed by atoms with Crippen LogP contribution in [0.5, 0.6) is 5.75 Å². The van der Waals surface area contributed by atoms with Gasteiger partial charge in [0.2, 0.25) is 0 Å². The number of rotatable bonds is 2. The van der Waals surface area contributed by atoms with Crippen LogP contribution in [0.15, 0.2) is 16.9 Å². The Bertz CT molecular complexity index is 1180. The highest BCUT2D eigenvalue weighted by molar-refractivity contribution is 5.84. The standard InChI is InChI=1S/C24H24N4O2/c1-12-2-16(20-17(10-25)22(27)28-23(30)18(20)11-26)21(29)19(3-12)24-7-13-4-14(8-24)6-15(5-13)9-24/h2-3,13-15,29H,4-9H2,1H3,(H3,27,28,30). The zero-order valence-electron chi connectivity index (χ0n) is 17.0. The van der Waals surface area contributed by atoms with Crippen LogP contribution in [0, 0.1) is 47.3 Å². The second kappa shape index (κ2) is 6.37. The third-order valence-electron chi connectivity index (χ3n) is 7.60. The number of nitriles is 2. The molecule has 0 spiro atoms. The molecule has 0 atom stereocenters. The van der Waals surface area contributed by atoms with E-state index in [9.17, 15) is 20.4 Å². The number of aromatic hydroxyl groups is 1. The molecule has 6 heteroatoms. The van der Waals surface area contributed by atoms with Crippen molar-refractivity contribution in [3.05, 3.63) is 44.7 Å². The van der Waals surface area contributed by atoms with E-state index in [0.717, 1.165) is 30.4 Å². The lowest BCUT2D eigenvalue weighted by Crippen LogP contribution is -2.48. The summed E-state index contributed by atoms with van der Waals surface area (Å²) in [5, 5.41) is 30.8. The summed E-state index contributed by atoms with van der Waals surface area (Å²) in [6.45, 7) is 1.95. The Hall–Kier alpha value is -3.25. The molecule has 0 aliphatic heterocycles. The number of aromatic nitrogens is 1. The van der Waals surface area contributed by atoms with Gasteiger partial charge in [-0.25, -0.2) is 0 Å². The van der Waals surface area contributed by atoms with Crippen molar-refractivity contribution >= 4 is 5.82 Å². The molecular weight excluding hydrogens is 376 g/mol. The number of nitrogens with zero attached hydrogens (tertiary/aromatic N) is 2. The molecule has 6 rings (SSSR count). The minimum absolute atomic E-state index is 0.0171. The van der Waals surface area contributed by atoms with Crippen LogP contribution in [0.3, 0.4) is 0 Å². The van der Waals surface area contributed by atoms with Gasteiger partial charge >= 0.3 is 0 Å². The van der Waals surface area contributed by atoms with Gasteiger partial charge in [0.15, 0.2) is 0 Å². The minimum Gasteiger partial charge on any atom is -0.507 e. The van der Waals surface area contributed by atoms with Crippen LogP contribution in [0.25, 0.3) is 11.1 Å². The van der Waals surface area contributed by atoms with Crippen LogP contribution in [0.1, 0.15) is 60.8 Å². The number of pyridine rings is 1. The fourth-order valence-electron chi connectivity index (χ4n) is 6.93. The van der Waals surface area contributed by atoms with Gasteiger partial charge in [-0.1, -0.05) is 6.07 Å². The van der Waals surface area contributed by atoms with Gasteiger partial charge < -0.3 is 15.8 Å². The molecule has 0 saturated heterocycles. The van der Waals surface area contributed by atoms with Gasteiger partial charge in [0.05, 0.1) is 0 Å². The number of nitrogens with two attached hydrogens (primary N) is 1. The van der Waals surface area contributed by atoms with Crippen molar-refractivity contribution in [1.29, 1.82) is 10.5 Å². The highest BCUT2D eigenvalue weighted by Gasteiger charge is 2.52. The normalized spacial score (nSPS) is 28.8. The van der Waals surface area contributed by atoms with Gasteiger partial charge in [-0.2, -0.15) is 10.5 Å². The molecule has 6 nitrogen and oxygen atoms in total. The average Bonchev–Trinajstić information content (AvgIpc) is 2.68. The van der Waals surface area contributed by atoms with Crippen LogP contribution in [0.2, 0.25) is 0 Å². The first-order valence-electron chi connectivity index (χ1n) is 10.6. The zero-order chi connectivity index (χ0) is 21.2. The molecule has 0 amide bonds. The SMILES string of the molecule is Cc1cc(-c2c(C#N)c(N)[nH]c(=O)c2C#N)c(O)c(C23CC4CC(CC(C4)C2)C3)c1. The van der Waals surface area contributed by atoms with Gasteiger partial charge in [0.25, 0.3) is 5.56 Å². The van der Waals surface area contributed by atoms with E-state index < -0.39 is 5.56 Å². The summed E-state index contributed by atoms with van der Waals surface area (Å²) in [6, 6.07) is 7.71. The number of phenols is 1. The molecule has 4 aliphatic carbocycles. The number of hydrogen-bond donors (Lipinski definition) is 3. The maximum atomic E-state index is 12.4. The van der Waals surface area contributed by atoms with Crippen LogP contribution in [0.4, 0.5) is 5.82 Å². The number of benzene rings is 1. The highest BCUT2D eigenvalue weighted by atomic mass is 16.3. The third kappa shape index (κ3) is 2.57. The number of nitrogens with one attached hydrogen (secondary N) is 1. The Labute approximate surface area is 175 Å². The van der Waals surface area contributed by atoms with Gasteiger partial charge in [-0.15, -0.1) is 0 Å². The number of phenolic OH excluding ortho intramolecular Hbond substituents is 1. The van der Waals surface area contributed by atoms with Crippen LogP contribution < -0.4 is 11.3 Å². The molecule has 1 aromatic heterocycles. The van der Waals surface area contributed by atoms with Crippen molar-refractivity contribution in [1.82, 2.24) is 4.98 Å². The maximum Gasteiger partial charge on any atom is 0.268 e. The molecule has 0 radical (unpaired) electrons. The topological polar surface area (TPSA) is 127 Å². The fourth-order valence-corrected chi connectivity index (χ4v) is 6.93. The monoisotopic (exact) mass is 400 g/mol. The number of hydrogen-bond acceptors (Lipinski definition) is 5. The molecule has 4 N–H and O–H groups in total. The molecule has 1 aromatic carbocycles. The zero-order valence-corrected chi connectivity index (χ0v) is 17.0. The molecule has 1 heterocycles. The largest absolute Gasteiger partial charge is 0.507 e. The lowest BCUT2D eigenvalue weighted by Gasteiger charge is -2.57. The van der Waals surface area contributed by atoms with Crippen molar-refractivity contribution in [2.45, 2.75) is 50.9 Å². The molecular formula is C24H24N4O2. The minimum atomic E-state index is -0.652. The number of H-pyrrole nitrogens is 1. The van der Waals surface area contributed by atoms with Crippen molar-refractivity contribution in [2.24, 2.45) is 17.8 Å². The Morgan fingerprint density at radius 3 is 2.17 bits per heavy atom. The molecule has 30 heavy (non-hydrogen) atoms. The Kier molecular flexibility index (Phi) is 3.98. The van der Waals surface area contributed by atoms with E-state index in [4.69, 9.17) is 5.73 Å². The van der Waals surface area contributed by atoms with Crippen molar-refractivity contribution in [3.8, 4) is 29.0 Å². The van der Waals surface area contributed by atoms with E-state index in [1.54, 1.807) is 6.07 Å². The van der Waals surface area contributed by atoms with Crippen LogP contribution in [-0.4, -0.2) is 10.1 Å². The lowest BCUT2D eigenvalue weighted by molar-refractivity contribution is -0.00612. The fraction of sp³-hybridized carbons (Fsp3) is 0.458. The van der Waals surface area contributed by atoms with E-state index in [-0.39, 0.29) is 33.7 Å². The average molecular weight is 400 g/mol. The quantitative estimate of drug-likeness (QED) is 0.706. The third-order valence-corrected chi connectivity index (χ3v) is 7.60. The summed E-state index contributed by atoms with van der Waals surface area (Å²) in [5.74, 6) is 2.12. The Morgan fingerprint density at radius 1 is 1.07 bits per heavy atom. The van der Waals surface area contributed by atoms with Crippen molar-refractivity contribution < 1.29 is 5.11 Å². The first-order valence-corrected chi connectivity index (χ1v) is 10.6. The molecule has 152 valence electrons. The second-order valence-corrected chi connectivity index (χ2v) is 9.62.